The molecule has 32 heavy (non-hydrogen) atoms. The summed E-state index contributed by atoms with van der Waals surface area (Å²) in [5.41, 5.74) is -0.214. The minimum atomic E-state index is -2.10. The van der Waals surface area contributed by atoms with Crippen LogP contribution in [-0.2, 0) is 16.8 Å². The highest BCUT2D eigenvalue weighted by Crippen LogP contribution is 2.37. The van der Waals surface area contributed by atoms with Gasteiger partial charge >= 0.3 is 0 Å². The fourth-order valence-electron chi connectivity index (χ4n) is 3.95. The van der Waals surface area contributed by atoms with Crippen molar-refractivity contribution >= 4 is 11.3 Å². The average Bonchev–Trinajstić information content (AvgIpc) is 3.28. The summed E-state index contributed by atoms with van der Waals surface area (Å²) in [6.07, 6.45) is -3.86. The Morgan fingerprint density at radius 2 is 1.97 bits per heavy atom. The Labute approximate surface area is 188 Å². The number of aliphatic hydroxyl groups excluding tert-OH is 3. The van der Waals surface area contributed by atoms with Gasteiger partial charge < -0.3 is 25.2 Å². The lowest BCUT2D eigenvalue weighted by Crippen LogP contribution is -2.61. The first-order valence-corrected chi connectivity index (χ1v) is 10.9. The van der Waals surface area contributed by atoms with Gasteiger partial charge in [0.15, 0.2) is 0 Å². The van der Waals surface area contributed by atoms with Crippen molar-refractivity contribution in [3.05, 3.63) is 82.0 Å². The van der Waals surface area contributed by atoms with E-state index in [4.69, 9.17) is 10.00 Å². The molecule has 1 fully saturated rings. The summed E-state index contributed by atoms with van der Waals surface area (Å²) in [6.45, 7) is -0.809. The molecular weight excluding hydrogens is 433 g/mol. The van der Waals surface area contributed by atoms with Crippen LogP contribution in [0.5, 0.6) is 0 Å². The number of aliphatic hydroxyl groups is 4. The first kappa shape index (κ1) is 22.6. The highest BCUT2D eigenvalue weighted by atomic mass is 32.1. The molecule has 0 unspecified atom stereocenters. The van der Waals surface area contributed by atoms with Crippen molar-refractivity contribution in [3.63, 3.8) is 0 Å². The van der Waals surface area contributed by atoms with E-state index in [0.717, 1.165) is 15.3 Å². The first-order chi connectivity index (χ1) is 15.4. The van der Waals surface area contributed by atoms with Crippen LogP contribution in [0.1, 0.15) is 21.6 Å². The Morgan fingerprint density at radius 1 is 1.16 bits per heavy atom. The molecule has 166 valence electrons. The number of benzene rings is 2. The van der Waals surface area contributed by atoms with E-state index in [2.05, 4.69) is 6.07 Å². The van der Waals surface area contributed by atoms with Crippen LogP contribution in [0.3, 0.4) is 0 Å². The SMILES string of the molecule is N#Cc1cccc(-c2ccc(Cc3cc([C@]4(O)[C@H](O)[C@@H](CO)OC[C@@H]4O)ccc3F)s2)c1. The zero-order valence-corrected chi connectivity index (χ0v) is 17.8. The standard InChI is InChI=1S/C24H22FNO5S/c25-19-6-4-17(24(30)22(28)13-31-20(12-27)23(24)29)9-16(19)10-18-5-7-21(32-18)15-3-1-2-14(8-15)11-26/h1-9,20,22-23,27-30H,10,12-13H2/t20-,22+,23-,24-/m1/s1. The predicted octanol–water partition coefficient (Wildman–Crippen LogP) is 2.32. The third-order valence-electron chi connectivity index (χ3n) is 5.77. The minimum Gasteiger partial charge on any atom is -0.394 e. The summed E-state index contributed by atoms with van der Waals surface area (Å²) in [7, 11) is 0. The third kappa shape index (κ3) is 4.07. The fourth-order valence-corrected chi connectivity index (χ4v) is 4.97. The monoisotopic (exact) mass is 455 g/mol. The summed E-state index contributed by atoms with van der Waals surface area (Å²) >= 11 is 1.46. The highest BCUT2D eigenvalue weighted by molar-refractivity contribution is 7.15. The summed E-state index contributed by atoms with van der Waals surface area (Å²) in [5, 5.41) is 50.5. The van der Waals surface area contributed by atoms with Gasteiger partial charge in [-0.1, -0.05) is 18.2 Å². The van der Waals surface area contributed by atoms with E-state index < -0.39 is 36.3 Å². The molecule has 4 atom stereocenters. The van der Waals surface area contributed by atoms with Crippen LogP contribution in [0.4, 0.5) is 4.39 Å². The molecule has 1 aliphatic rings. The molecule has 2 heterocycles. The predicted molar refractivity (Wildman–Crippen MR) is 116 cm³/mol. The number of thiophene rings is 1. The second-order valence-corrected chi connectivity index (χ2v) is 8.95. The van der Waals surface area contributed by atoms with Crippen LogP contribution >= 0.6 is 11.3 Å². The van der Waals surface area contributed by atoms with E-state index in [1.165, 1.54) is 29.5 Å². The maximum atomic E-state index is 14.6. The molecule has 3 aromatic rings. The molecule has 4 N–H and O–H groups in total. The second-order valence-electron chi connectivity index (χ2n) is 7.78. The van der Waals surface area contributed by atoms with Crippen molar-refractivity contribution in [2.75, 3.05) is 13.2 Å². The number of nitriles is 1. The lowest BCUT2D eigenvalue weighted by molar-refractivity contribution is -0.253. The van der Waals surface area contributed by atoms with Crippen molar-refractivity contribution < 1.29 is 29.6 Å². The molecule has 0 amide bonds. The number of halogens is 1. The maximum absolute atomic E-state index is 14.6. The van der Waals surface area contributed by atoms with E-state index in [1.807, 2.05) is 18.2 Å². The van der Waals surface area contributed by atoms with E-state index in [0.29, 0.717) is 11.1 Å². The van der Waals surface area contributed by atoms with Crippen LogP contribution < -0.4 is 0 Å². The Bertz CT molecular complexity index is 1160. The molecule has 6 nitrogen and oxygen atoms in total. The molecule has 1 saturated heterocycles. The molecule has 0 radical (unpaired) electrons. The van der Waals surface area contributed by atoms with Gasteiger partial charge in [0, 0.05) is 16.2 Å². The molecule has 4 rings (SSSR count). The van der Waals surface area contributed by atoms with Crippen molar-refractivity contribution in [2.45, 2.75) is 30.3 Å². The zero-order valence-electron chi connectivity index (χ0n) is 17.0. The van der Waals surface area contributed by atoms with Crippen molar-refractivity contribution in [1.29, 1.82) is 5.26 Å². The van der Waals surface area contributed by atoms with E-state index >= 15 is 0 Å². The van der Waals surface area contributed by atoms with E-state index in [1.54, 1.807) is 18.2 Å². The zero-order chi connectivity index (χ0) is 22.9. The van der Waals surface area contributed by atoms with E-state index in [-0.39, 0.29) is 18.6 Å². The number of rotatable bonds is 5. The van der Waals surface area contributed by atoms with Gasteiger partial charge in [-0.05, 0) is 53.1 Å². The molecule has 0 spiro atoms. The van der Waals surface area contributed by atoms with Crippen LogP contribution in [0.2, 0.25) is 0 Å². The van der Waals surface area contributed by atoms with Gasteiger partial charge in [-0.3, -0.25) is 0 Å². The molecule has 2 aromatic carbocycles. The molecular formula is C24H22FNO5S. The fraction of sp³-hybridized carbons (Fsp3) is 0.292. The Hall–Kier alpha value is -2.64. The van der Waals surface area contributed by atoms with Gasteiger partial charge in [0.1, 0.15) is 29.7 Å². The van der Waals surface area contributed by atoms with Gasteiger partial charge in [-0.25, -0.2) is 4.39 Å². The molecule has 1 aliphatic heterocycles. The van der Waals surface area contributed by atoms with Crippen molar-refractivity contribution in [3.8, 4) is 16.5 Å². The maximum Gasteiger partial charge on any atom is 0.146 e. The first-order valence-electron chi connectivity index (χ1n) is 10.1. The number of nitrogens with zero attached hydrogens (tertiary/aromatic N) is 1. The van der Waals surface area contributed by atoms with Gasteiger partial charge in [0.25, 0.3) is 0 Å². The summed E-state index contributed by atoms with van der Waals surface area (Å²) in [4.78, 5) is 1.81. The normalized spacial score (nSPS) is 25.4. The van der Waals surface area contributed by atoms with Crippen molar-refractivity contribution in [1.82, 2.24) is 0 Å². The van der Waals surface area contributed by atoms with Gasteiger partial charge in [-0.2, -0.15) is 5.26 Å². The molecule has 0 saturated carbocycles. The van der Waals surface area contributed by atoms with Crippen LogP contribution in [0, 0.1) is 17.1 Å². The Morgan fingerprint density at radius 3 is 2.72 bits per heavy atom. The average molecular weight is 456 g/mol. The topological polar surface area (TPSA) is 114 Å². The Balaban J connectivity index is 1.63. The van der Waals surface area contributed by atoms with Gasteiger partial charge in [0.05, 0.1) is 24.8 Å². The minimum absolute atomic E-state index is 0.147. The third-order valence-corrected chi connectivity index (χ3v) is 6.90. The summed E-state index contributed by atoms with van der Waals surface area (Å²) in [5.74, 6) is -0.478. The quantitative estimate of drug-likeness (QED) is 0.470. The number of hydrogen-bond donors (Lipinski definition) is 4. The number of ether oxygens (including phenoxy) is 1. The smallest absolute Gasteiger partial charge is 0.146 e. The van der Waals surface area contributed by atoms with Crippen LogP contribution in [0.25, 0.3) is 10.4 Å². The van der Waals surface area contributed by atoms with E-state index in [9.17, 15) is 24.8 Å². The van der Waals surface area contributed by atoms with Gasteiger partial charge in [0.2, 0.25) is 0 Å². The van der Waals surface area contributed by atoms with Crippen molar-refractivity contribution in [2.24, 2.45) is 0 Å². The van der Waals surface area contributed by atoms with Crippen LogP contribution in [-0.4, -0.2) is 52.0 Å². The second kappa shape index (κ2) is 9.08. The number of hydrogen-bond acceptors (Lipinski definition) is 7. The molecule has 1 aromatic heterocycles. The van der Waals surface area contributed by atoms with Crippen LogP contribution in [0.15, 0.2) is 54.6 Å². The molecule has 0 bridgehead atoms. The molecule has 0 aliphatic carbocycles. The lowest BCUT2D eigenvalue weighted by Gasteiger charge is -2.44. The van der Waals surface area contributed by atoms with Gasteiger partial charge in [-0.15, -0.1) is 11.3 Å². The largest absolute Gasteiger partial charge is 0.394 e. The summed E-state index contributed by atoms with van der Waals surface area (Å²) < 4.78 is 19.8. The lowest BCUT2D eigenvalue weighted by atomic mass is 9.78. The highest BCUT2D eigenvalue weighted by Gasteiger charge is 2.51. The Kier molecular flexibility index (Phi) is 6.40. The summed E-state index contributed by atoms with van der Waals surface area (Å²) in [6, 6.07) is 17.1. The molecule has 8 heteroatoms.